The van der Waals surface area contributed by atoms with Crippen LogP contribution in [0.1, 0.15) is 52.8 Å². The topological polar surface area (TPSA) is 60.4 Å². The van der Waals surface area contributed by atoms with Crippen molar-refractivity contribution in [3.8, 4) is 0 Å². The number of fused-ring (bicyclic) bond motifs is 2. The van der Waals surface area contributed by atoms with Gasteiger partial charge in [0, 0.05) is 12.4 Å². The lowest BCUT2D eigenvalue weighted by Crippen LogP contribution is -1.91. The minimum absolute atomic E-state index is 1.02. The molecule has 0 amide bonds. The van der Waals surface area contributed by atoms with Gasteiger partial charge in [-0.2, -0.15) is 19.9 Å². The van der Waals surface area contributed by atoms with E-state index >= 15 is 0 Å². The van der Waals surface area contributed by atoms with Gasteiger partial charge in [0.05, 0.1) is 35.3 Å². The largest absolute Gasteiger partial charge is 0.261 e. The monoisotopic (exact) mass is 356 g/mol. The predicted molar refractivity (Wildman–Crippen MR) is 109 cm³/mol. The van der Waals surface area contributed by atoms with Crippen LogP contribution in [0.4, 0.5) is 0 Å². The highest BCUT2D eigenvalue weighted by Gasteiger charge is 1.93. The normalized spacial score (nSPS) is 8.77. The van der Waals surface area contributed by atoms with Crippen LogP contribution in [0.5, 0.6) is 0 Å². The third-order valence-electron chi connectivity index (χ3n) is 2.79. The van der Waals surface area contributed by atoms with E-state index in [0.717, 1.165) is 22.3 Å². The highest BCUT2D eigenvalue weighted by molar-refractivity contribution is 5.45. The number of hydrogen-bond donors (Lipinski definition) is 0. The van der Waals surface area contributed by atoms with Crippen LogP contribution in [0.3, 0.4) is 0 Å². The number of aromatic nitrogens is 6. The Morgan fingerprint density at radius 3 is 2.12 bits per heavy atom. The third kappa shape index (κ3) is 7.01. The van der Waals surface area contributed by atoms with E-state index in [-0.39, 0.29) is 0 Å². The van der Waals surface area contributed by atoms with E-state index in [2.05, 4.69) is 20.3 Å². The molecule has 0 saturated heterocycles. The fourth-order valence-corrected chi connectivity index (χ4v) is 1.90. The van der Waals surface area contributed by atoms with Crippen molar-refractivity contribution in [1.29, 1.82) is 0 Å². The first-order chi connectivity index (χ1) is 12.7. The van der Waals surface area contributed by atoms with Crippen LogP contribution in [0.2, 0.25) is 0 Å². The predicted octanol–water partition coefficient (Wildman–Crippen LogP) is 5.15. The van der Waals surface area contributed by atoms with Crippen molar-refractivity contribution in [2.45, 2.75) is 55.4 Å². The van der Waals surface area contributed by atoms with Crippen LogP contribution in [0.15, 0.2) is 49.2 Å². The molecule has 6 nitrogen and oxygen atoms in total. The van der Waals surface area contributed by atoms with Crippen molar-refractivity contribution in [2.75, 3.05) is 0 Å². The molecule has 0 aliphatic rings. The molecule has 0 unspecified atom stereocenters. The fourth-order valence-electron chi connectivity index (χ4n) is 1.90. The van der Waals surface area contributed by atoms with Crippen molar-refractivity contribution in [1.82, 2.24) is 29.4 Å². The molecule has 26 heavy (non-hydrogen) atoms. The Hall–Kier alpha value is -2.76. The summed E-state index contributed by atoms with van der Waals surface area (Å²) >= 11 is 0. The summed E-state index contributed by atoms with van der Waals surface area (Å²) in [6, 6.07) is 5.97. The summed E-state index contributed by atoms with van der Waals surface area (Å²) in [6.07, 6.45) is 8.88. The molecule has 142 valence electrons. The number of aryl methyl sites for hydroxylation is 2. The summed E-state index contributed by atoms with van der Waals surface area (Å²) in [4.78, 5) is 3.97. The first-order valence-electron chi connectivity index (χ1n) is 9.25. The molecule has 0 spiro atoms. The van der Waals surface area contributed by atoms with Gasteiger partial charge >= 0.3 is 0 Å². The molecule has 0 bridgehead atoms. The molecule has 0 fully saturated rings. The fraction of sp³-hybridized carbons (Fsp3) is 0.400. The molecular formula is C20H32N6. The van der Waals surface area contributed by atoms with E-state index in [0.29, 0.717) is 0 Å². The SMILES string of the molecule is CC.CC.CC.Cc1cc2cnccn2n1.Cc1cnn2nccc2c1. The van der Waals surface area contributed by atoms with Crippen LogP contribution in [0.25, 0.3) is 11.0 Å². The zero-order chi connectivity index (χ0) is 19.9. The molecule has 0 aromatic carbocycles. The summed E-state index contributed by atoms with van der Waals surface area (Å²) in [5.41, 5.74) is 4.26. The second kappa shape index (κ2) is 13.5. The number of rotatable bonds is 0. The minimum Gasteiger partial charge on any atom is -0.261 e. The van der Waals surface area contributed by atoms with Crippen molar-refractivity contribution < 1.29 is 0 Å². The summed E-state index contributed by atoms with van der Waals surface area (Å²) in [6.45, 7) is 16.0. The second-order valence-corrected chi connectivity index (χ2v) is 4.51. The van der Waals surface area contributed by atoms with Crippen LogP contribution >= 0.6 is 0 Å². The lowest BCUT2D eigenvalue weighted by atomic mass is 10.3. The van der Waals surface area contributed by atoms with Gasteiger partial charge in [0.1, 0.15) is 0 Å². The number of nitrogens with zero attached hydrogens (tertiary/aromatic N) is 6. The van der Waals surface area contributed by atoms with E-state index in [4.69, 9.17) is 0 Å². The average molecular weight is 357 g/mol. The molecule has 0 N–H and O–H groups in total. The van der Waals surface area contributed by atoms with Crippen molar-refractivity contribution in [3.05, 3.63) is 60.4 Å². The van der Waals surface area contributed by atoms with E-state index < -0.39 is 0 Å². The van der Waals surface area contributed by atoms with E-state index in [1.54, 1.807) is 29.4 Å². The maximum atomic E-state index is 4.19. The van der Waals surface area contributed by atoms with E-state index in [1.807, 2.05) is 84.3 Å². The maximum absolute atomic E-state index is 4.19. The molecule has 6 heteroatoms. The van der Waals surface area contributed by atoms with E-state index in [1.165, 1.54) is 0 Å². The first-order valence-corrected chi connectivity index (χ1v) is 9.25. The Morgan fingerprint density at radius 1 is 0.769 bits per heavy atom. The Balaban J connectivity index is 0.000000375. The molecule has 4 aromatic heterocycles. The van der Waals surface area contributed by atoms with Gasteiger partial charge in [0.15, 0.2) is 0 Å². The van der Waals surface area contributed by atoms with Crippen LogP contribution < -0.4 is 0 Å². The lowest BCUT2D eigenvalue weighted by molar-refractivity contribution is 0.796. The van der Waals surface area contributed by atoms with Crippen molar-refractivity contribution in [2.24, 2.45) is 0 Å². The summed E-state index contributed by atoms with van der Waals surface area (Å²) in [7, 11) is 0. The third-order valence-corrected chi connectivity index (χ3v) is 2.79. The second-order valence-electron chi connectivity index (χ2n) is 4.51. The van der Waals surface area contributed by atoms with Gasteiger partial charge in [-0.15, -0.1) is 0 Å². The van der Waals surface area contributed by atoms with Crippen molar-refractivity contribution >= 4 is 11.0 Å². The quantitative estimate of drug-likeness (QED) is 0.437. The van der Waals surface area contributed by atoms with Gasteiger partial charge in [-0.1, -0.05) is 41.5 Å². The van der Waals surface area contributed by atoms with Crippen LogP contribution in [0, 0.1) is 13.8 Å². The molecule has 0 aliphatic heterocycles. The Labute approximate surface area is 156 Å². The summed E-state index contributed by atoms with van der Waals surface area (Å²) in [5.74, 6) is 0. The Kier molecular flexibility index (Phi) is 12.1. The molecular weight excluding hydrogens is 324 g/mol. The molecule has 0 radical (unpaired) electrons. The lowest BCUT2D eigenvalue weighted by Gasteiger charge is -1.91. The molecule has 4 aromatic rings. The average Bonchev–Trinajstić information content (AvgIpc) is 3.31. The van der Waals surface area contributed by atoms with Crippen molar-refractivity contribution in [3.63, 3.8) is 0 Å². The molecule has 0 aliphatic carbocycles. The van der Waals surface area contributed by atoms with Gasteiger partial charge in [-0.25, -0.2) is 4.52 Å². The Bertz CT molecular complexity index is 814. The smallest absolute Gasteiger partial charge is 0.0875 e. The zero-order valence-electron chi connectivity index (χ0n) is 17.3. The first kappa shape index (κ1) is 23.2. The minimum atomic E-state index is 1.02. The Morgan fingerprint density at radius 2 is 1.46 bits per heavy atom. The van der Waals surface area contributed by atoms with Gasteiger partial charge in [-0.3, -0.25) is 4.98 Å². The molecule has 4 rings (SSSR count). The van der Waals surface area contributed by atoms with Gasteiger partial charge in [-0.05, 0) is 37.6 Å². The number of hydrogen-bond acceptors (Lipinski definition) is 4. The molecule has 0 saturated carbocycles. The summed E-state index contributed by atoms with van der Waals surface area (Å²) < 4.78 is 3.41. The molecule has 0 atom stereocenters. The van der Waals surface area contributed by atoms with Crippen LogP contribution in [-0.2, 0) is 0 Å². The molecule has 4 heterocycles. The van der Waals surface area contributed by atoms with Gasteiger partial charge in [0.25, 0.3) is 0 Å². The van der Waals surface area contributed by atoms with Gasteiger partial charge < -0.3 is 0 Å². The van der Waals surface area contributed by atoms with Crippen LogP contribution in [-0.4, -0.2) is 29.4 Å². The highest BCUT2D eigenvalue weighted by Crippen LogP contribution is 2.02. The maximum Gasteiger partial charge on any atom is 0.0875 e. The van der Waals surface area contributed by atoms with Gasteiger partial charge in [0.2, 0.25) is 0 Å². The summed E-state index contributed by atoms with van der Waals surface area (Å²) in [5, 5.41) is 12.2. The highest BCUT2D eigenvalue weighted by atomic mass is 15.4. The van der Waals surface area contributed by atoms with E-state index in [9.17, 15) is 0 Å². The zero-order valence-corrected chi connectivity index (χ0v) is 17.3. The standard InChI is InChI=1S/2C7H7N3.3C2H6/c1-6-4-7-5-8-2-3-10(7)9-6;1-6-4-7-2-3-8-10(7)9-5-6;3*1-2/h2*2-5H,1H3;3*1-2H3.